The molecule has 3 heterocycles. The number of oxazole rings is 3. The third-order valence-corrected chi connectivity index (χ3v) is 9.66. The van der Waals surface area contributed by atoms with Crippen molar-refractivity contribution in [3.05, 3.63) is 170 Å². The first-order valence-electron chi connectivity index (χ1n) is 21.1. The Hall–Kier alpha value is -7.00. The van der Waals surface area contributed by atoms with Gasteiger partial charge in [0, 0.05) is 42.3 Å². The number of benzene rings is 4. The first-order chi connectivity index (χ1) is 34.1. The van der Waals surface area contributed by atoms with E-state index in [0.29, 0.717) is 80.2 Å². The minimum Gasteiger partial charge on any atom is -0.466 e. The number of amides is 1. The lowest BCUT2D eigenvalue weighted by Gasteiger charge is -1.97. The van der Waals surface area contributed by atoms with E-state index in [1.54, 1.807) is 81.4 Å². The number of carbonyl (C=O) groups excluding carboxylic acids is 5. The summed E-state index contributed by atoms with van der Waals surface area (Å²) in [6.07, 6.45) is 4.44. The molecule has 7 rings (SSSR count). The van der Waals surface area contributed by atoms with E-state index in [-0.39, 0.29) is 49.4 Å². The van der Waals surface area contributed by atoms with Crippen LogP contribution in [0.2, 0.25) is 20.1 Å². The summed E-state index contributed by atoms with van der Waals surface area (Å²) < 4.78 is 30.0. The van der Waals surface area contributed by atoms with Gasteiger partial charge >= 0.3 is 17.9 Å². The second kappa shape index (κ2) is 32.0. The lowest BCUT2D eigenvalue weighted by atomic mass is 10.2. The number of aromatic nitrogens is 3. The van der Waals surface area contributed by atoms with Crippen molar-refractivity contribution in [3.63, 3.8) is 0 Å². The molecule has 0 unspecified atom stereocenters. The van der Waals surface area contributed by atoms with Gasteiger partial charge in [-0.3, -0.25) is 24.0 Å². The number of Topliss-reactive ketones (excluding diaryl/α,β-unsaturated/α-hetero) is 1. The number of ketones is 1. The van der Waals surface area contributed by atoms with Crippen molar-refractivity contribution in [3.8, 4) is 34.4 Å². The quantitative estimate of drug-likeness (QED) is 0.0332. The average Bonchev–Trinajstić information content (AvgIpc) is 4.14. The Morgan fingerprint density at radius 3 is 1.18 bits per heavy atom. The molecule has 0 bridgehead atoms. The molecule has 0 aliphatic rings. The van der Waals surface area contributed by atoms with Crippen LogP contribution in [0.15, 0.2) is 129 Å². The minimum absolute atomic E-state index is 0.116. The Kier molecular flexibility index (Phi) is 26.3. The third kappa shape index (κ3) is 22.5. The number of carbonyl (C=O) groups is 5. The molecule has 372 valence electrons. The molecule has 4 aromatic carbocycles. The summed E-state index contributed by atoms with van der Waals surface area (Å²) in [5.41, 5.74) is 9.70. The van der Waals surface area contributed by atoms with E-state index < -0.39 is 11.9 Å². The largest absolute Gasteiger partial charge is 0.466 e. The average molecular weight is 1070 g/mol. The van der Waals surface area contributed by atoms with E-state index in [4.69, 9.17) is 93.0 Å². The molecule has 0 saturated heterocycles. The molecule has 0 saturated carbocycles. The molecular formula is C50H46Cl5N5O11. The van der Waals surface area contributed by atoms with E-state index >= 15 is 0 Å². The van der Waals surface area contributed by atoms with Gasteiger partial charge in [0.2, 0.25) is 23.6 Å². The summed E-state index contributed by atoms with van der Waals surface area (Å²) in [5.74, 6) is -0.548. The molecule has 0 aliphatic carbocycles. The van der Waals surface area contributed by atoms with Crippen LogP contribution in [-0.2, 0) is 52.8 Å². The molecule has 0 radical (unpaired) electrons. The fourth-order valence-electron chi connectivity index (χ4n) is 5.17. The van der Waals surface area contributed by atoms with Crippen molar-refractivity contribution >= 4 is 87.6 Å². The molecule has 3 aromatic heterocycles. The highest BCUT2D eigenvalue weighted by Crippen LogP contribution is 2.23. The number of hydrogen-bond acceptors (Lipinski definition) is 14. The monoisotopic (exact) mass is 1070 g/mol. The van der Waals surface area contributed by atoms with Crippen LogP contribution >= 0.6 is 58.0 Å². The minimum atomic E-state index is -0.506. The van der Waals surface area contributed by atoms with Crippen molar-refractivity contribution in [1.29, 1.82) is 0 Å². The molecule has 0 aliphatic heterocycles. The maximum absolute atomic E-state index is 11.3. The van der Waals surface area contributed by atoms with Crippen LogP contribution in [0.5, 0.6) is 0 Å². The zero-order chi connectivity index (χ0) is 52.1. The standard InChI is InChI=1S/2C13H12ClNO3.C11H7ClN2O.C7H6ClNO.C6H9ClO3/c2*1-2-17-12(16)7-11-8-18-13(15-11)9-3-5-10(14)6-4-9;1-13-6-10-7-15-11(14-10)8-2-4-9(12)5-3-8;8-6-3-1-5(2-4-6)7(9)10;1-2-10-6(9)3-5(8)4-7/h2*3-6,8H,2,7H2,1H3;2-5,7H,6H2;1-4H,(H2,9,10);2-4H2,1H3. The lowest BCUT2D eigenvalue weighted by molar-refractivity contribution is -0.145. The summed E-state index contributed by atoms with van der Waals surface area (Å²) >= 11 is 28.1. The SMILES string of the molecule is CCOC(=O)CC(=O)CCl.CCOC(=O)Cc1coc(-c2ccc(Cl)cc2)n1.CCOC(=O)Cc1coc(-c2ccc(Cl)cc2)n1.NC(=O)c1ccc(Cl)cc1.[C-]#[N+]Cc1coc(-c2ccc(Cl)cc2)n1. The van der Waals surface area contributed by atoms with E-state index in [0.717, 1.165) is 16.7 Å². The van der Waals surface area contributed by atoms with Gasteiger partial charge in [-0.2, -0.15) is 0 Å². The first kappa shape index (κ1) is 58.3. The summed E-state index contributed by atoms with van der Waals surface area (Å²) in [6.45, 7) is 13.2. The van der Waals surface area contributed by atoms with E-state index in [1.807, 2.05) is 36.4 Å². The molecule has 21 heteroatoms. The number of alkyl halides is 1. The van der Waals surface area contributed by atoms with Gasteiger partial charge in [-0.15, -0.1) is 11.6 Å². The molecule has 7 aromatic rings. The fourth-order valence-corrected chi connectivity index (χ4v) is 5.76. The molecule has 0 spiro atoms. The summed E-state index contributed by atoms with van der Waals surface area (Å²) in [5, 5.41) is 2.57. The Morgan fingerprint density at radius 2 is 0.859 bits per heavy atom. The number of primary amides is 1. The van der Waals surface area contributed by atoms with Gasteiger partial charge in [0.05, 0.1) is 49.9 Å². The highest BCUT2D eigenvalue weighted by Gasteiger charge is 2.13. The maximum atomic E-state index is 11.3. The van der Waals surface area contributed by atoms with Crippen LogP contribution in [0.3, 0.4) is 0 Å². The predicted molar refractivity (Wildman–Crippen MR) is 269 cm³/mol. The number of rotatable bonds is 15. The highest BCUT2D eigenvalue weighted by molar-refractivity contribution is 6.31. The van der Waals surface area contributed by atoms with Crippen LogP contribution < -0.4 is 5.73 Å². The smallest absolute Gasteiger partial charge is 0.313 e. The Bertz CT molecular complexity index is 2690. The van der Waals surface area contributed by atoms with Gasteiger partial charge < -0.3 is 38.0 Å². The van der Waals surface area contributed by atoms with Crippen LogP contribution in [0.1, 0.15) is 54.6 Å². The van der Waals surface area contributed by atoms with Crippen LogP contribution in [0, 0.1) is 6.57 Å². The number of esters is 3. The van der Waals surface area contributed by atoms with Crippen LogP contribution in [0.4, 0.5) is 0 Å². The third-order valence-electron chi connectivity index (χ3n) is 8.36. The van der Waals surface area contributed by atoms with Gasteiger partial charge in [-0.1, -0.05) is 46.4 Å². The number of nitrogens with zero attached hydrogens (tertiary/aromatic N) is 4. The molecule has 0 atom stereocenters. The Morgan fingerprint density at radius 1 is 0.535 bits per heavy atom. The second-order valence-corrected chi connectivity index (χ2v) is 15.8. The molecule has 71 heavy (non-hydrogen) atoms. The van der Waals surface area contributed by atoms with E-state index in [2.05, 4.69) is 24.5 Å². The zero-order valence-corrected chi connectivity index (χ0v) is 42.2. The number of ether oxygens (including phenoxy) is 3. The van der Waals surface area contributed by atoms with Gasteiger partial charge in [0.15, 0.2) is 11.5 Å². The van der Waals surface area contributed by atoms with Gasteiger partial charge in [-0.05, 0) is 118 Å². The van der Waals surface area contributed by atoms with Crippen molar-refractivity contribution in [2.24, 2.45) is 5.73 Å². The number of nitrogens with two attached hydrogens (primary N) is 1. The van der Waals surface area contributed by atoms with Crippen molar-refractivity contribution in [2.45, 2.75) is 46.6 Å². The van der Waals surface area contributed by atoms with E-state index in [1.165, 1.54) is 18.8 Å². The Labute approximate surface area is 434 Å². The molecule has 1 amide bonds. The normalized spacial score (nSPS) is 9.90. The first-order valence-corrected chi connectivity index (χ1v) is 23.2. The maximum Gasteiger partial charge on any atom is 0.313 e. The summed E-state index contributed by atoms with van der Waals surface area (Å²) in [4.78, 5) is 69.9. The van der Waals surface area contributed by atoms with Crippen LogP contribution in [0.25, 0.3) is 39.2 Å². The van der Waals surface area contributed by atoms with Crippen molar-refractivity contribution in [2.75, 3.05) is 25.7 Å². The topological polar surface area (TPSA) is 222 Å². The Balaban J connectivity index is 0.000000240. The molecule has 16 nitrogen and oxygen atoms in total. The van der Waals surface area contributed by atoms with E-state index in [9.17, 15) is 24.0 Å². The van der Waals surface area contributed by atoms with Gasteiger partial charge in [0.1, 0.15) is 25.2 Å². The fraction of sp³-hybridized carbons (Fsp3) is 0.220. The number of halogens is 5. The van der Waals surface area contributed by atoms with Gasteiger partial charge in [-0.25, -0.2) is 21.5 Å². The van der Waals surface area contributed by atoms with Crippen LogP contribution in [-0.4, -0.2) is 70.3 Å². The summed E-state index contributed by atoms with van der Waals surface area (Å²) in [7, 11) is 0. The summed E-state index contributed by atoms with van der Waals surface area (Å²) in [6, 6.07) is 27.9. The molecule has 2 N–H and O–H groups in total. The lowest BCUT2D eigenvalue weighted by Crippen LogP contribution is -2.11. The number of hydrogen-bond donors (Lipinski definition) is 1. The highest BCUT2D eigenvalue weighted by atomic mass is 35.5. The van der Waals surface area contributed by atoms with Gasteiger partial charge in [0.25, 0.3) is 6.54 Å². The van der Waals surface area contributed by atoms with Crippen molar-refractivity contribution < 1.29 is 51.4 Å². The van der Waals surface area contributed by atoms with Crippen molar-refractivity contribution in [1.82, 2.24) is 15.0 Å². The molecule has 0 fully saturated rings. The molecular weight excluding hydrogens is 1020 g/mol. The second-order valence-electron chi connectivity index (χ2n) is 13.8. The predicted octanol–water partition coefficient (Wildman–Crippen LogP) is 11.8. The zero-order valence-electron chi connectivity index (χ0n) is 38.4.